The highest BCUT2D eigenvalue weighted by atomic mass is 32.1. The first-order chi connectivity index (χ1) is 15.1. The number of amides is 2. The lowest BCUT2D eigenvalue weighted by molar-refractivity contribution is -0.124. The molecule has 8 heteroatoms. The first-order valence-corrected chi connectivity index (χ1v) is 10.6. The van der Waals surface area contributed by atoms with Crippen LogP contribution in [0.2, 0.25) is 0 Å². The zero-order valence-corrected chi connectivity index (χ0v) is 17.4. The zero-order chi connectivity index (χ0) is 21.6. The van der Waals surface area contributed by atoms with Gasteiger partial charge in [0.05, 0.1) is 17.1 Å². The third kappa shape index (κ3) is 4.93. The van der Waals surface area contributed by atoms with Crippen molar-refractivity contribution >= 4 is 40.3 Å². The van der Waals surface area contributed by atoms with E-state index in [9.17, 15) is 9.59 Å². The van der Waals surface area contributed by atoms with E-state index in [-0.39, 0.29) is 5.91 Å². The second-order valence-electron chi connectivity index (χ2n) is 6.86. The third-order valence-electron chi connectivity index (χ3n) is 4.71. The summed E-state index contributed by atoms with van der Waals surface area (Å²) in [6, 6.07) is 15.2. The molecular weight excluding hydrogens is 412 g/mol. The Bertz CT molecular complexity index is 1150. The molecule has 4 rings (SSSR count). The Hall–Kier alpha value is -3.62. The number of fused-ring (bicyclic) bond motifs is 1. The molecule has 1 aliphatic heterocycles. The molecule has 3 aromatic rings. The van der Waals surface area contributed by atoms with Gasteiger partial charge in [0, 0.05) is 24.3 Å². The van der Waals surface area contributed by atoms with E-state index in [1.807, 2.05) is 30.3 Å². The van der Waals surface area contributed by atoms with Crippen LogP contribution in [0.1, 0.15) is 23.5 Å². The Balaban J connectivity index is 1.51. The highest BCUT2D eigenvalue weighted by molar-refractivity contribution is 7.19. The van der Waals surface area contributed by atoms with Crippen molar-refractivity contribution in [2.45, 2.75) is 12.8 Å². The van der Waals surface area contributed by atoms with E-state index in [2.05, 4.69) is 4.98 Å². The molecule has 3 heterocycles. The van der Waals surface area contributed by atoms with Gasteiger partial charge in [-0.1, -0.05) is 47.7 Å². The maximum Gasteiger partial charge on any atom is 0.267 e. The molecule has 156 valence electrons. The van der Waals surface area contributed by atoms with Crippen molar-refractivity contribution in [1.29, 1.82) is 0 Å². The van der Waals surface area contributed by atoms with Gasteiger partial charge in [0.1, 0.15) is 10.0 Å². The number of benzene rings is 1. The van der Waals surface area contributed by atoms with E-state index < -0.39 is 5.91 Å². The summed E-state index contributed by atoms with van der Waals surface area (Å²) >= 11 is 1.54. The van der Waals surface area contributed by atoms with Gasteiger partial charge in [0.15, 0.2) is 0 Å². The van der Waals surface area contributed by atoms with Crippen molar-refractivity contribution in [2.75, 3.05) is 11.4 Å². The summed E-state index contributed by atoms with van der Waals surface area (Å²) in [6.07, 6.45) is 7.54. The molecule has 0 spiro atoms. The molecule has 1 aromatic carbocycles. The number of hydrogen-bond acceptors (Lipinski definition) is 6. The van der Waals surface area contributed by atoms with Crippen LogP contribution in [0.15, 0.2) is 60.7 Å². The number of carbonyl (C=O) groups excluding carboxylic acids is 2. The first kappa shape index (κ1) is 20.6. The van der Waals surface area contributed by atoms with E-state index in [1.165, 1.54) is 35.0 Å². The Morgan fingerprint density at radius 1 is 1.00 bits per heavy atom. The van der Waals surface area contributed by atoms with Crippen molar-refractivity contribution in [3.05, 3.63) is 77.8 Å². The fourth-order valence-electron chi connectivity index (χ4n) is 3.24. The number of aryl methyl sites for hydroxylation is 1. The van der Waals surface area contributed by atoms with Gasteiger partial charge in [-0.15, -0.1) is 0 Å². The number of carbonyl (C=O) groups is 2. The van der Waals surface area contributed by atoms with Gasteiger partial charge in [0.2, 0.25) is 0 Å². The number of pyridine rings is 1. The third-order valence-corrected chi connectivity index (χ3v) is 5.88. The standard InChI is InChI=1S/C23H20N4O3S/c28-20(26-30)13-11-17-8-4-9-18(24-17)12-14-21(29)27-15-5-10-19-23(27)31-22(25-19)16-6-2-1-3-7-16/h1-4,6-9,11-14,30H,5,10,15H2,(H,26,28)/b13-11+,14-12+. The summed E-state index contributed by atoms with van der Waals surface area (Å²) in [5.41, 5.74) is 4.66. The minimum atomic E-state index is -0.641. The monoisotopic (exact) mass is 432 g/mol. The predicted molar refractivity (Wildman–Crippen MR) is 120 cm³/mol. The summed E-state index contributed by atoms with van der Waals surface area (Å²) in [7, 11) is 0. The van der Waals surface area contributed by atoms with Crippen LogP contribution in [-0.4, -0.2) is 33.5 Å². The Kier molecular flexibility index (Phi) is 6.30. The molecule has 0 unspecified atom stereocenters. The topological polar surface area (TPSA) is 95.4 Å². The lowest BCUT2D eigenvalue weighted by Crippen LogP contribution is -2.33. The molecule has 7 nitrogen and oxygen atoms in total. The summed E-state index contributed by atoms with van der Waals surface area (Å²) in [4.78, 5) is 34.9. The van der Waals surface area contributed by atoms with Crippen LogP contribution in [0.4, 0.5) is 5.00 Å². The number of rotatable bonds is 5. The van der Waals surface area contributed by atoms with Crippen LogP contribution in [0, 0.1) is 0 Å². The van der Waals surface area contributed by atoms with E-state index in [1.54, 1.807) is 29.2 Å². The quantitative estimate of drug-likeness (QED) is 0.364. The van der Waals surface area contributed by atoms with Gasteiger partial charge >= 0.3 is 0 Å². The number of nitrogens with one attached hydrogen (secondary N) is 1. The van der Waals surface area contributed by atoms with Crippen LogP contribution in [0.25, 0.3) is 22.7 Å². The number of anilines is 1. The maximum absolute atomic E-state index is 12.9. The summed E-state index contributed by atoms with van der Waals surface area (Å²) in [5, 5.41) is 10.4. The van der Waals surface area contributed by atoms with E-state index in [4.69, 9.17) is 10.2 Å². The van der Waals surface area contributed by atoms with Crippen molar-refractivity contribution in [2.24, 2.45) is 0 Å². The lowest BCUT2D eigenvalue weighted by atomic mass is 10.1. The smallest absolute Gasteiger partial charge is 0.267 e. The first-order valence-electron chi connectivity index (χ1n) is 9.78. The number of aromatic nitrogens is 2. The predicted octanol–water partition coefficient (Wildman–Crippen LogP) is 3.72. The van der Waals surface area contributed by atoms with Crippen LogP contribution < -0.4 is 10.4 Å². The number of nitrogens with zero attached hydrogens (tertiary/aromatic N) is 3. The van der Waals surface area contributed by atoms with Crippen LogP contribution >= 0.6 is 11.3 Å². The fourth-order valence-corrected chi connectivity index (χ4v) is 4.39. The summed E-state index contributed by atoms with van der Waals surface area (Å²) in [5.74, 6) is -0.759. The molecule has 2 aromatic heterocycles. The van der Waals surface area contributed by atoms with Crippen molar-refractivity contribution in [3.63, 3.8) is 0 Å². The van der Waals surface area contributed by atoms with Crippen LogP contribution in [0.3, 0.4) is 0 Å². The van der Waals surface area contributed by atoms with Crippen LogP contribution in [-0.2, 0) is 16.0 Å². The molecule has 0 atom stereocenters. The SMILES string of the molecule is O=C(/C=C/c1cccc(/C=C/C(=O)N2CCCc3nc(-c4ccccc4)sc32)n1)NO. The van der Waals surface area contributed by atoms with Gasteiger partial charge in [-0.3, -0.25) is 19.7 Å². The largest absolute Gasteiger partial charge is 0.299 e. The number of hydroxylamine groups is 1. The second kappa shape index (κ2) is 9.46. The van der Waals surface area contributed by atoms with Gasteiger partial charge in [-0.25, -0.2) is 15.4 Å². The molecule has 2 amide bonds. The minimum absolute atomic E-state index is 0.119. The second-order valence-corrected chi connectivity index (χ2v) is 7.84. The zero-order valence-electron chi connectivity index (χ0n) is 16.6. The average molecular weight is 433 g/mol. The Labute approximate surface area is 183 Å². The molecule has 0 fully saturated rings. The minimum Gasteiger partial charge on any atom is -0.299 e. The van der Waals surface area contributed by atoms with E-state index >= 15 is 0 Å². The Morgan fingerprint density at radius 2 is 1.74 bits per heavy atom. The van der Waals surface area contributed by atoms with E-state index in [0.717, 1.165) is 34.1 Å². The highest BCUT2D eigenvalue weighted by Gasteiger charge is 2.25. The molecule has 0 radical (unpaired) electrons. The van der Waals surface area contributed by atoms with E-state index in [0.29, 0.717) is 17.9 Å². The van der Waals surface area contributed by atoms with Crippen LogP contribution in [0.5, 0.6) is 0 Å². The molecule has 0 aliphatic carbocycles. The normalized spacial score (nSPS) is 13.5. The maximum atomic E-state index is 12.9. The summed E-state index contributed by atoms with van der Waals surface area (Å²) < 4.78 is 0. The number of thiazole rings is 1. The van der Waals surface area contributed by atoms with Gasteiger partial charge in [-0.05, 0) is 37.1 Å². The van der Waals surface area contributed by atoms with Crippen molar-refractivity contribution in [1.82, 2.24) is 15.4 Å². The molecule has 1 aliphatic rings. The Morgan fingerprint density at radius 3 is 2.48 bits per heavy atom. The molecule has 0 bridgehead atoms. The molecular formula is C23H20N4O3S. The summed E-state index contributed by atoms with van der Waals surface area (Å²) in [6.45, 7) is 0.652. The van der Waals surface area contributed by atoms with Gasteiger partial charge < -0.3 is 0 Å². The molecule has 0 saturated heterocycles. The molecule has 2 N–H and O–H groups in total. The lowest BCUT2D eigenvalue weighted by Gasteiger charge is -2.24. The number of hydrogen-bond donors (Lipinski definition) is 2. The highest BCUT2D eigenvalue weighted by Crippen LogP contribution is 2.38. The van der Waals surface area contributed by atoms with Crippen molar-refractivity contribution < 1.29 is 14.8 Å². The average Bonchev–Trinajstić information content (AvgIpc) is 3.26. The van der Waals surface area contributed by atoms with Crippen molar-refractivity contribution in [3.8, 4) is 10.6 Å². The van der Waals surface area contributed by atoms with Gasteiger partial charge in [-0.2, -0.15) is 0 Å². The van der Waals surface area contributed by atoms with Gasteiger partial charge in [0.25, 0.3) is 11.8 Å². The molecule has 0 saturated carbocycles. The molecule has 31 heavy (non-hydrogen) atoms. The fraction of sp³-hybridized carbons (Fsp3) is 0.130.